The number of esters is 1. The first kappa shape index (κ1) is 15.4. The molecule has 0 fully saturated rings. The number of nitrogens with one attached hydrogen (secondary N) is 1. The number of aromatic amines is 1. The van der Waals surface area contributed by atoms with Crippen LogP contribution in [0.25, 0.3) is 10.9 Å². The van der Waals surface area contributed by atoms with Crippen LogP contribution in [0.15, 0.2) is 54.7 Å². The van der Waals surface area contributed by atoms with Gasteiger partial charge in [-0.3, -0.25) is 4.79 Å². The molecule has 1 N–H and O–H groups in total. The maximum Gasteiger partial charge on any atom is 0.341 e. The highest BCUT2D eigenvalue weighted by Crippen LogP contribution is 2.28. The molecule has 5 heteroatoms. The first-order chi connectivity index (χ1) is 12.1. The molecule has 0 bridgehead atoms. The van der Waals surface area contributed by atoms with Gasteiger partial charge >= 0.3 is 5.97 Å². The van der Waals surface area contributed by atoms with Crippen LogP contribution < -0.4 is 4.90 Å². The summed E-state index contributed by atoms with van der Waals surface area (Å²) in [5.41, 5.74) is 3.35. The molecular formula is C20H18N2O3. The van der Waals surface area contributed by atoms with E-state index in [-0.39, 0.29) is 5.91 Å². The molecule has 4 rings (SSSR count). The molecule has 25 heavy (non-hydrogen) atoms. The van der Waals surface area contributed by atoms with Crippen molar-refractivity contribution in [2.24, 2.45) is 0 Å². The fourth-order valence-corrected chi connectivity index (χ4v) is 3.30. The topological polar surface area (TPSA) is 62.4 Å². The number of para-hydroxylation sites is 2. The molecule has 0 spiro atoms. The Kier molecular flexibility index (Phi) is 3.76. The standard InChI is InChI=1S/C20H18N2O3/c1-13(19(23)22-11-10-14-6-2-5-9-18(14)22)25-20(24)16-12-21-17-8-4-3-7-15(16)17/h2-9,12-13,21H,10-11H2,1H3/t13-/m0/s1. The number of benzene rings is 2. The van der Waals surface area contributed by atoms with E-state index in [1.54, 1.807) is 18.0 Å². The lowest BCUT2D eigenvalue weighted by atomic mass is 10.2. The van der Waals surface area contributed by atoms with Gasteiger partial charge in [-0.05, 0) is 31.0 Å². The maximum atomic E-state index is 12.7. The molecule has 126 valence electrons. The van der Waals surface area contributed by atoms with Gasteiger partial charge in [-0.2, -0.15) is 0 Å². The second-order valence-corrected chi connectivity index (χ2v) is 6.16. The van der Waals surface area contributed by atoms with E-state index in [1.807, 2.05) is 48.5 Å². The van der Waals surface area contributed by atoms with Crippen LogP contribution in [0, 0.1) is 0 Å². The average molecular weight is 334 g/mol. The lowest BCUT2D eigenvalue weighted by Gasteiger charge is -2.21. The number of rotatable bonds is 3. The van der Waals surface area contributed by atoms with Crippen molar-refractivity contribution in [2.75, 3.05) is 11.4 Å². The van der Waals surface area contributed by atoms with Gasteiger partial charge in [0.25, 0.3) is 5.91 Å². The third-order valence-electron chi connectivity index (χ3n) is 4.59. The molecule has 0 saturated carbocycles. The van der Waals surface area contributed by atoms with Crippen LogP contribution in [0.1, 0.15) is 22.8 Å². The first-order valence-electron chi connectivity index (χ1n) is 8.31. The molecule has 0 radical (unpaired) electrons. The highest BCUT2D eigenvalue weighted by Gasteiger charge is 2.30. The van der Waals surface area contributed by atoms with Crippen molar-refractivity contribution >= 4 is 28.5 Å². The minimum atomic E-state index is -0.840. The number of hydrogen-bond acceptors (Lipinski definition) is 3. The Morgan fingerprint density at radius 2 is 1.88 bits per heavy atom. The number of aromatic nitrogens is 1. The molecule has 2 heterocycles. The summed E-state index contributed by atoms with van der Waals surface area (Å²) in [4.78, 5) is 29.9. The zero-order chi connectivity index (χ0) is 17.4. The van der Waals surface area contributed by atoms with E-state index in [0.29, 0.717) is 12.1 Å². The number of amides is 1. The second-order valence-electron chi connectivity index (χ2n) is 6.16. The molecule has 1 aromatic heterocycles. The minimum absolute atomic E-state index is 0.196. The summed E-state index contributed by atoms with van der Waals surface area (Å²) in [5, 5.41) is 0.790. The Hall–Kier alpha value is -3.08. The second kappa shape index (κ2) is 6.09. The summed E-state index contributed by atoms with van der Waals surface area (Å²) >= 11 is 0. The number of fused-ring (bicyclic) bond motifs is 2. The van der Waals surface area contributed by atoms with Crippen LogP contribution in [0.2, 0.25) is 0 Å². The van der Waals surface area contributed by atoms with E-state index in [4.69, 9.17) is 4.74 Å². The number of anilines is 1. The highest BCUT2D eigenvalue weighted by molar-refractivity contribution is 6.06. The van der Waals surface area contributed by atoms with Gasteiger partial charge in [-0.1, -0.05) is 36.4 Å². The molecular weight excluding hydrogens is 316 g/mol. The van der Waals surface area contributed by atoms with Gasteiger partial charge in [-0.15, -0.1) is 0 Å². The summed E-state index contributed by atoms with van der Waals surface area (Å²) in [6.07, 6.45) is 1.60. The SMILES string of the molecule is C[C@H](OC(=O)c1c[nH]c2ccccc12)C(=O)N1CCc2ccccc21. The molecule has 0 unspecified atom stereocenters. The summed E-state index contributed by atoms with van der Waals surface area (Å²) in [5.74, 6) is -0.691. The van der Waals surface area contributed by atoms with Gasteiger partial charge in [0, 0.05) is 29.3 Å². The van der Waals surface area contributed by atoms with E-state index in [9.17, 15) is 9.59 Å². The molecule has 3 aromatic rings. The van der Waals surface area contributed by atoms with Crippen LogP contribution in [0.4, 0.5) is 5.69 Å². The normalized spacial score (nSPS) is 14.4. The van der Waals surface area contributed by atoms with Crippen molar-refractivity contribution in [1.29, 1.82) is 0 Å². The van der Waals surface area contributed by atoms with Gasteiger partial charge in [0.05, 0.1) is 5.56 Å². The van der Waals surface area contributed by atoms with Gasteiger partial charge in [0.15, 0.2) is 6.10 Å². The van der Waals surface area contributed by atoms with Gasteiger partial charge in [0.2, 0.25) is 0 Å². The van der Waals surface area contributed by atoms with Crippen LogP contribution in [0.3, 0.4) is 0 Å². The predicted octanol–water partition coefficient (Wildman–Crippen LogP) is 3.30. The van der Waals surface area contributed by atoms with Crippen molar-refractivity contribution in [3.63, 3.8) is 0 Å². The lowest BCUT2D eigenvalue weighted by molar-refractivity contribution is -0.126. The molecule has 0 saturated heterocycles. The van der Waals surface area contributed by atoms with E-state index in [1.165, 1.54) is 0 Å². The largest absolute Gasteiger partial charge is 0.449 e. The third kappa shape index (κ3) is 2.67. The first-order valence-corrected chi connectivity index (χ1v) is 8.31. The number of H-pyrrole nitrogens is 1. The Labute approximate surface area is 145 Å². The van der Waals surface area contributed by atoms with Gasteiger partial charge in [-0.25, -0.2) is 4.79 Å². The van der Waals surface area contributed by atoms with E-state index >= 15 is 0 Å². The molecule has 2 aromatic carbocycles. The zero-order valence-electron chi connectivity index (χ0n) is 13.9. The van der Waals surface area contributed by atoms with E-state index in [2.05, 4.69) is 4.98 Å². The monoisotopic (exact) mass is 334 g/mol. The Balaban J connectivity index is 1.51. The van der Waals surface area contributed by atoms with Crippen molar-refractivity contribution in [2.45, 2.75) is 19.4 Å². The highest BCUT2D eigenvalue weighted by atomic mass is 16.5. The lowest BCUT2D eigenvalue weighted by Crippen LogP contribution is -2.39. The fraction of sp³-hybridized carbons (Fsp3) is 0.200. The van der Waals surface area contributed by atoms with Gasteiger partial charge in [0.1, 0.15) is 0 Å². The quantitative estimate of drug-likeness (QED) is 0.748. The summed E-state index contributed by atoms with van der Waals surface area (Å²) in [6, 6.07) is 15.3. The van der Waals surface area contributed by atoms with Crippen molar-refractivity contribution in [1.82, 2.24) is 4.98 Å². The Morgan fingerprint density at radius 3 is 2.76 bits per heavy atom. The van der Waals surface area contributed by atoms with E-state index < -0.39 is 12.1 Å². The fourth-order valence-electron chi connectivity index (χ4n) is 3.30. The van der Waals surface area contributed by atoms with Crippen LogP contribution in [-0.4, -0.2) is 29.5 Å². The van der Waals surface area contributed by atoms with Crippen molar-refractivity contribution in [3.8, 4) is 0 Å². The van der Waals surface area contributed by atoms with Crippen LogP contribution in [0.5, 0.6) is 0 Å². The zero-order valence-corrected chi connectivity index (χ0v) is 13.9. The molecule has 1 amide bonds. The van der Waals surface area contributed by atoms with Crippen molar-refractivity contribution < 1.29 is 14.3 Å². The summed E-state index contributed by atoms with van der Waals surface area (Å²) in [6.45, 7) is 2.24. The predicted molar refractivity (Wildman–Crippen MR) is 95.7 cm³/mol. The maximum absolute atomic E-state index is 12.7. The smallest absolute Gasteiger partial charge is 0.341 e. The van der Waals surface area contributed by atoms with Crippen LogP contribution >= 0.6 is 0 Å². The number of carbonyl (C=O) groups is 2. The molecule has 0 aliphatic carbocycles. The molecule has 1 aliphatic heterocycles. The third-order valence-corrected chi connectivity index (χ3v) is 4.59. The summed E-state index contributed by atoms with van der Waals surface area (Å²) in [7, 11) is 0. The van der Waals surface area contributed by atoms with Gasteiger partial charge < -0.3 is 14.6 Å². The van der Waals surface area contributed by atoms with Crippen LogP contribution in [-0.2, 0) is 16.0 Å². The average Bonchev–Trinajstić information content (AvgIpc) is 3.25. The number of carbonyl (C=O) groups excluding carboxylic acids is 2. The number of hydrogen-bond donors (Lipinski definition) is 1. The summed E-state index contributed by atoms with van der Waals surface area (Å²) < 4.78 is 5.44. The molecule has 5 nitrogen and oxygen atoms in total. The number of ether oxygens (including phenoxy) is 1. The Morgan fingerprint density at radius 1 is 1.12 bits per heavy atom. The Bertz CT molecular complexity index is 960. The minimum Gasteiger partial charge on any atom is -0.449 e. The molecule has 1 aliphatic rings. The van der Waals surface area contributed by atoms with E-state index in [0.717, 1.165) is 28.6 Å². The van der Waals surface area contributed by atoms with Crippen molar-refractivity contribution in [3.05, 3.63) is 65.9 Å². The molecule has 1 atom stereocenters. The number of nitrogens with zero attached hydrogens (tertiary/aromatic N) is 1.